The third kappa shape index (κ3) is 6.91. The van der Waals surface area contributed by atoms with Crippen molar-refractivity contribution in [2.45, 2.75) is 59.4 Å². The molecule has 3 aromatic carbocycles. The number of anilines is 2. The molecule has 41 heavy (non-hydrogen) atoms. The van der Waals surface area contributed by atoms with Gasteiger partial charge in [0.25, 0.3) is 5.91 Å². The third-order valence-corrected chi connectivity index (χ3v) is 8.50. The molecule has 214 valence electrons. The first kappa shape index (κ1) is 28.7. The van der Waals surface area contributed by atoms with Gasteiger partial charge in [0.15, 0.2) is 0 Å². The predicted octanol–water partition coefficient (Wildman–Crippen LogP) is 7.46. The lowest BCUT2D eigenvalue weighted by atomic mass is 9.85. The van der Waals surface area contributed by atoms with Crippen molar-refractivity contribution >= 4 is 23.0 Å². The van der Waals surface area contributed by atoms with Crippen molar-refractivity contribution in [3.63, 3.8) is 0 Å². The number of aryl methyl sites for hydroxylation is 2. The Hall–Kier alpha value is -3.83. The Kier molecular flexibility index (Phi) is 9.25. The summed E-state index contributed by atoms with van der Waals surface area (Å²) in [7, 11) is 0. The number of nitrogens with one attached hydrogen (secondary N) is 1. The van der Waals surface area contributed by atoms with Crippen molar-refractivity contribution in [3.8, 4) is 0 Å². The molecule has 5 heteroatoms. The van der Waals surface area contributed by atoms with Crippen molar-refractivity contribution in [1.29, 1.82) is 0 Å². The van der Waals surface area contributed by atoms with Gasteiger partial charge >= 0.3 is 0 Å². The summed E-state index contributed by atoms with van der Waals surface area (Å²) in [5, 5.41) is 3.17. The zero-order valence-electron chi connectivity index (χ0n) is 24.9. The molecule has 0 spiro atoms. The second kappa shape index (κ2) is 13.2. The van der Waals surface area contributed by atoms with Crippen LogP contribution in [0.3, 0.4) is 0 Å². The van der Waals surface area contributed by atoms with E-state index in [1.54, 1.807) is 0 Å². The van der Waals surface area contributed by atoms with Crippen LogP contribution in [0, 0.1) is 13.8 Å². The van der Waals surface area contributed by atoms with Gasteiger partial charge in [-0.1, -0.05) is 55.0 Å². The summed E-state index contributed by atoms with van der Waals surface area (Å²) in [5.41, 5.74) is 17.6. The molecule has 3 N–H and O–H groups in total. The van der Waals surface area contributed by atoms with Crippen LogP contribution in [0.5, 0.6) is 0 Å². The molecule has 0 atom stereocenters. The van der Waals surface area contributed by atoms with Crippen molar-refractivity contribution in [2.24, 2.45) is 5.73 Å². The lowest BCUT2D eigenvalue weighted by Crippen LogP contribution is -2.46. The first-order chi connectivity index (χ1) is 19.9. The number of benzene rings is 3. The van der Waals surface area contributed by atoms with Gasteiger partial charge in [0, 0.05) is 60.9 Å². The fourth-order valence-corrected chi connectivity index (χ4v) is 6.10. The molecular formula is C36H44N4O. The fourth-order valence-electron chi connectivity index (χ4n) is 6.10. The number of amides is 1. The summed E-state index contributed by atoms with van der Waals surface area (Å²) in [6.07, 6.45) is 7.84. The highest BCUT2D eigenvalue weighted by Gasteiger charge is 2.21. The van der Waals surface area contributed by atoms with Crippen molar-refractivity contribution in [2.75, 3.05) is 36.4 Å². The minimum Gasteiger partial charge on any atom is -0.398 e. The molecule has 0 unspecified atom stereocenters. The molecule has 0 radical (unpaired) electrons. The largest absolute Gasteiger partial charge is 0.398 e. The van der Waals surface area contributed by atoms with Crippen LogP contribution in [-0.4, -0.2) is 37.0 Å². The molecule has 0 bridgehead atoms. The highest BCUT2D eigenvalue weighted by molar-refractivity contribution is 6.05. The van der Waals surface area contributed by atoms with Crippen molar-refractivity contribution in [1.82, 2.24) is 4.90 Å². The smallest absolute Gasteiger partial charge is 0.255 e. The quantitative estimate of drug-likeness (QED) is 0.322. The minimum atomic E-state index is -0.0795. The Morgan fingerprint density at radius 3 is 2.39 bits per heavy atom. The lowest BCUT2D eigenvalue weighted by molar-refractivity contribution is 0.102. The van der Waals surface area contributed by atoms with Gasteiger partial charge in [-0.3, -0.25) is 9.69 Å². The Morgan fingerprint density at radius 2 is 1.63 bits per heavy atom. The summed E-state index contributed by atoms with van der Waals surface area (Å²) < 4.78 is 0. The predicted molar refractivity (Wildman–Crippen MR) is 172 cm³/mol. The van der Waals surface area contributed by atoms with Gasteiger partial charge < -0.3 is 16.0 Å². The summed E-state index contributed by atoms with van der Waals surface area (Å²) >= 11 is 0. The van der Waals surface area contributed by atoms with Crippen LogP contribution >= 0.6 is 0 Å². The van der Waals surface area contributed by atoms with E-state index in [0.717, 1.165) is 85.6 Å². The van der Waals surface area contributed by atoms with Gasteiger partial charge in [0.05, 0.1) is 0 Å². The molecule has 1 heterocycles. The zero-order chi connectivity index (χ0) is 28.8. The van der Waals surface area contributed by atoms with E-state index >= 15 is 0 Å². The van der Waals surface area contributed by atoms with Gasteiger partial charge in [-0.25, -0.2) is 0 Å². The van der Waals surface area contributed by atoms with E-state index < -0.39 is 0 Å². The molecule has 1 aliphatic heterocycles. The number of nitrogens with two attached hydrogens (primary N) is 1. The number of carbonyl (C=O) groups is 1. The standard InChI is InChI=1S/C36H44N4O/c1-4-9-28-10-5-7-12-32(28)35(37)34-24-30(17-16-27(34)3)38-36(41)33-13-8-6-11-29(33)25-39-20-22-40(23-21-39)31-18-14-26(2)15-19-31/h6,8-9,11,13-19,24H,4-5,7,10,12,20-23,25,37H2,1-3H3,(H,38,41)/b28-9+,35-32+. The Bertz CT molecular complexity index is 1430. The van der Waals surface area contributed by atoms with Crippen LogP contribution in [0.2, 0.25) is 0 Å². The highest BCUT2D eigenvalue weighted by atomic mass is 16.1. The summed E-state index contributed by atoms with van der Waals surface area (Å²) in [4.78, 5) is 18.4. The molecule has 1 amide bonds. The number of rotatable bonds is 7. The van der Waals surface area contributed by atoms with Gasteiger partial charge in [0.1, 0.15) is 0 Å². The maximum absolute atomic E-state index is 13.6. The van der Waals surface area contributed by atoms with Crippen molar-refractivity contribution < 1.29 is 4.79 Å². The molecule has 0 aromatic heterocycles. The first-order valence-corrected chi connectivity index (χ1v) is 15.1. The van der Waals surface area contributed by atoms with Crippen LogP contribution in [0.4, 0.5) is 11.4 Å². The number of nitrogens with zero attached hydrogens (tertiary/aromatic N) is 2. The normalized spacial score (nSPS) is 18.4. The summed E-state index contributed by atoms with van der Waals surface area (Å²) in [6.45, 7) is 11.1. The van der Waals surface area contributed by atoms with Crippen LogP contribution in [0.25, 0.3) is 5.70 Å². The molecule has 2 fully saturated rings. The third-order valence-electron chi connectivity index (χ3n) is 8.50. The molecule has 1 aliphatic carbocycles. The van der Waals surface area contributed by atoms with Crippen LogP contribution in [-0.2, 0) is 6.54 Å². The van der Waals surface area contributed by atoms with Crippen LogP contribution in [0.1, 0.15) is 71.6 Å². The lowest BCUT2D eigenvalue weighted by Gasteiger charge is -2.36. The van der Waals surface area contributed by atoms with E-state index in [1.165, 1.54) is 35.2 Å². The first-order valence-electron chi connectivity index (χ1n) is 15.1. The summed E-state index contributed by atoms with van der Waals surface area (Å²) in [5.74, 6) is -0.0795. The molecule has 3 aromatic rings. The maximum atomic E-state index is 13.6. The van der Waals surface area contributed by atoms with Crippen LogP contribution < -0.4 is 16.0 Å². The van der Waals surface area contributed by atoms with E-state index in [4.69, 9.17) is 5.73 Å². The van der Waals surface area contributed by atoms with Crippen molar-refractivity contribution in [3.05, 3.63) is 112 Å². The second-order valence-electron chi connectivity index (χ2n) is 11.5. The molecule has 2 aliphatic rings. The monoisotopic (exact) mass is 548 g/mol. The number of carbonyl (C=O) groups excluding carboxylic acids is 1. The van der Waals surface area contributed by atoms with E-state index in [-0.39, 0.29) is 5.91 Å². The van der Waals surface area contributed by atoms with Gasteiger partial charge in [-0.15, -0.1) is 0 Å². The molecule has 1 saturated heterocycles. The van der Waals surface area contributed by atoms with Crippen LogP contribution in [0.15, 0.2) is 84.0 Å². The molecular weight excluding hydrogens is 504 g/mol. The highest BCUT2D eigenvalue weighted by Crippen LogP contribution is 2.34. The average Bonchev–Trinajstić information content (AvgIpc) is 2.99. The number of piperazine rings is 1. The van der Waals surface area contributed by atoms with E-state index in [0.29, 0.717) is 0 Å². The Balaban J connectivity index is 1.28. The zero-order valence-corrected chi connectivity index (χ0v) is 24.9. The molecule has 1 saturated carbocycles. The number of hydrogen-bond acceptors (Lipinski definition) is 4. The van der Waals surface area contributed by atoms with E-state index in [1.807, 2.05) is 30.3 Å². The topological polar surface area (TPSA) is 61.6 Å². The second-order valence-corrected chi connectivity index (χ2v) is 11.5. The molecule has 5 nitrogen and oxygen atoms in total. The van der Waals surface area contributed by atoms with Gasteiger partial charge in [0.2, 0.25) is 0 Å². The van der Waals surface area contributed by atoms with Gasteiger partial charge in [-0.05, 0) is 98.6 Å². The number of allylic oxidation sites excluding steroid dienone is 3. The fraction of sp³-hybridized carbons (Fsp3) is 0.361. The number of hydrogen-bond donors (Lipinski definition) is 2. The van der Waals surface area contributed by atoms with E-state index in [2.05, 4.69) is 78.4 Å². The Morgan fingerprint density at radius 1 is 0.902 bits per heavy atom. The minimum absolute atomic E-state index is 0.0795. The van der Waals surface area contributed by atoms with E-state index in [9.17, 15) is 4.79 Å². The Labute approximate surface area is 245 Å². The maximum Gasteiger partial charge on any atom is 0.255 e. The van der Waals surface area contributed by atoms with Gasteiger partial charge in [-0.2, -0.15) is 0 Å². The molecule has 5 rings (SSSR count). The SMILES string of the molecule is CC/C=C1\CCCC\C1=C(/N)c1cc(NC(=O)c2ccccc2CN2CCN(c3ccc(C)cc3)CC2)ccc1C. The summed E-state index contributed by atoms with van der Waals surface area (Å²) in [6, 6.07) is 22.8. The average molecular weight is 549 g/mol.